The van der Waals surface area contributed by atoms with Crippen LogP contribution < -0.4 is 21.0 Å². The van der Waals surface area contributed by atoms with Gasteiger partial charge >= 0.3 is 0 Å². The van der Waals surface area contributed by atoms with Crippen molar-refractivity contribution in [1.82, 2.24) is 24.5 Å². The van der Waals surface area contributed by atoms with Crippen LogP contribution in [0.1, 0.15) is 0 Å². The van der Waals surface area contributed by atoms with Gasteiger partial charge in [0.25, 0.3) is 0 Å². The van der Waals surface area contributed by atoms with Crippen molar-refractivity contribution < 1.29 is 0 Å². The van der Waals surface area contributed by atoms with E-state index in [4.69, 9.17) is 19.9 Å². The Balaban J connectivity index is 1.27. The third-order valence-electron chi connectivity index (χ3n) is 10.9. The lowest BCUT2D eigenvalue weighted by Gasteiger charge is -2.29. The number of rotatable bonds is 5. The average Bonchev–Trinajstić information content (AvgIpc) is 3.77. The number of fused-ring (bicyclic) bond motifs is 7. The summed E-state index contributed by atoms with van der Waals surface area (Å²) in [7, 11) is -3.08. The summed E-state index contributed by atoms with van der Waals surface area (Å²) < 4.78 is 2.42. The summed E-state index contributed by atoms with van der Waals surface area (Å²) in [5.74, 6) is 1.93. The highest BCUT2D eigenvalue weighted by Crippen LogP contribution is 2.32. The SMILES string of the molecule is c1ccc(-c2nc(-c3ccccc3)nc(-c3cc([Si]4(c5ccc6ccccc6c5)c5ccccc5-n5c4nc4ccccc45)cc4ccccc34)n2)cc1. The largest absolute Gasteiger partial charge is 0.299 e. The Kier molecular flexibility index (Phi) is 6.81. The zero-order valence-corrected chi connectivity index (χ0v) is 30.1. The lowest BCUT2D eigenvalue weighted by molar-refractivity contribution is 1.08. The minimum Gasteiger partial charge on any atom is -0.299 e. The molecule has 8 aromatic carbocycles. The van der Waals surface area contributed by atoms with Crippen LogP contribution in [0.4, 0.5) is 0 Å². The van der Waals surface area contributed by atoms with Crippen LogP contribution in [0, 0.1) is 0 Å². The molecule has 1 unspecified atom stereocenters. The molecule has 6 heteroatoms. The van der Waals surface area contributed by atoms with Gasteiger partial charge < -0.3 is 0 Å². The molecule has 0 bridgehead atoms. The molecule has 252 valence electrons. The van der Waals surface area contributed by atoms with Crippen molar-refractivity contribution in [2.45, 2.75) is 0 Å². The Bertz CT molecular complexity index is 3010. The molecule has 0 saturated carbocycles. The van der Waals surface area contributed by atoms with Crippen molar-refractivity contribution in [1.29, 1.82) is 0 Å². The first-order valence-electron chi connectivity index (χ1n) is 18.2. The zero-order valence-electron chi connectivity index (χ0n) is 29.1. The van der Waals surface area contributed by atoms with Gasteiger partial charge in [0.1, 0.15) is 5.45 Å². The normalized spacial score (nSPS) is 14.7. The second-order valence-electron chi connectivity index (χ2n) is 13.9. The third kappa shape index (κ3) is 4.57. The highest BCUT2D eigenvalue weighted by molar-refractivity contribution is 7.20. The van der Waals surface area contributed by atoms with Gasteiger partial charge in [-0.2, -0.15) is 0 Å². The lowest BCUT2D eigenvalue weighted by atomic mass is 10.0. The van der Waals surface area contributed by atoms with Crippen LogP contribution in [0.5, 0.6) is 0 Å². The number of aromatic nitrogens is 5. The lowest BCUT2D eigenvalue weighted by Crippen LogP contribution is -2.73. The molecule has 5 nitrogen and oxygen atoms in total. The monoisotopic (exact) mass is 705 g/mol. The maximum Gasteiger partial charge on any atom is 0.226 e. The highest BCUT2D eigenvalue weighted by Gasteiger charge is 2.52. The molecular weight excluding hydrogens is 675 g/mol. The van der Waals surface area contributed by atoms with Gasteiger partial charge in [0.2, 0.25) is 8.07 Å². The van der Waals surface area contributed by atoms with Gasteiger partial charge in [-0.3, -0.25) is 4.57 Å². The van der Waals surface area contributed by atoms with Gasteiger partial charge in [0.15, 0.2) is 17.5 Å². The average molecular weight is 706 g/mol. The molecular formula is C48H31N5Si. The molecule has 0 N–H and O–H groups in total. The molecule has 1 atom stereocenters. The molecule has 1 aliphatic heterocycles. The number of hydrogen-bond donors (Lipinski definition) is 0. The fourth-order valence-corrected chi connectivity index (χ4v) is 13.4. The van der Waals surface area contributed by atoms with Crippen molar-refractivity contribution in [3.63, 3.8) is 0 Å². The molecule has 0 fully saturated rings. The smallest absolute Gasteiger partial charge is 0.226 e. The van der Waals surface area contributed by atoms with E-state index in [1.807, 2.05) is 36.4 Å². The molecule has 0 spiro atoms. The molecule has 1 aliphatic rings. The van der Waals surface area contributed by atoms with Crippen LogP contribution in [0.3, 0.4) is 0 Å². The van der Waals surface area contributed by atoms with Gasteiger partial charge in [0.05, 0.1) is 11.0 Å². The topological polar surface area (TPSA) is 56.5 Å². The predicted octanol–water partition coefficient (Wildman–Crippen LogP) is 8.21. The molecule has 54 heavy (non-hydrogen) atoms. The Morgan fingerprint density at radius 1 is 0.407 bits per heavy atom. The predicted molar refractivity (Wildman–Crippen MR) is 223 cm³/mol. The van der Waals surface area contributed by atoms with E-state index < -0.39 is 8.07 Å². The van der Waals surface area contributed by atoms with Gasteiger partial charge in [-0.1, -0.05) is 170 Å². The van der Waals surface area contributed by atoms with Gasteiger partial charge in [0, 0.05) is 22.4 Å². The Labute approximate surface area is 312 Å². The molecule has 11 rings (SSSR count). The van der Waals surface area contributed by atoms with E-state index in [9.17, 15) is 0 Å². The fourth-order valence-electron chi connectivity index (χ4n) is 8.43. The van der Waals surface area contributed by atoms with Crippen molar-refractivity contribution in [2.75, 3.05) is 0 Å². The molecule has 2 aromatic heterocycles. The minimum atomic E-state index is -3.08. The van der Waals surface area contributed by atoms with Crippen molar-refractivity contribution in [3.8, 4) is 39.9 Å². The van der Waals surface area contributed by atoms with E-state index in [1.165, 1.54) is 32.0 Å². The molecule has 0 radical (unpaired) electrons. The summed E-state index contributed by atoms with van der Waals surface area (Å²) in [5, 5.41) is 8.50. The van der Waals surface area contributed by atoms with Gasteiger partial charge in [-0.25, -0.2) is 19.9 Å². The van der Waals surface area contributed by atoms with Gasteiger partial charge in [-0.15, -0.1) is 0 Å². The summed E-state index contributed by atoms with van der Waals surface area (Å²) in [6.07, 6.45) is 0. The third-order valence-corrected chi connectivity index (χ3v) is 15.4. The van der Waals surface area contributed by atoms with E-state index in [0.717, 1.165) is 43.9 Å². The highest BCUT2D eigenvalue weighted by atomic mass is 28.3. The first-order valence-corrected chi connectivity index (χ1v) is 20.2. The molecule has 10 aromatic rings. The summed E-state index contributed by atoms with van der Waals surface area (Å²) in [6.45, 7) is 0. The van der Waals surface area contributed by atoms with Crippen molar-refractivity contribution in [2.24, 2.45) is 0 Å². The van der Waals surface area contributed by atoms with E-state index in [1.54, 1.807) is 0 Å². The van der Waals surface area contributed by atoms with E-state index >= 15 is 0 Å². The van der Waals surface area contributed by atoms with Crippen molar-refractivity contribution in [3.05, 3.63) is 188 Å². The molecule has 0 amide bonds. The number of benzene rings is 8. The molecule has 0 saturated heterocycles. The van der Waals surface area contributed by atoms with Crippen LogP contribution in [0.15, 0.2) is 188 Å². The van der Waals surface area contributed by atoms with E-state index in [0.29, 0.717) is 17.5 Å². The summed E-state index contributed by atoms with van der Waals surface area (Å²) in [5.41, 5.74) is 7.27. The summed E-state index contributed by atoms with van der Waals surface area (Å²) in [4.78, 5) is 21.1. The Morgan fingerprint density at radius 2 is 1.00 bits per heavy atom. The second-order valence-corrected chi connectivity index (χ2v) is 17.5. The number of hydrogen-bond acceptors (Lipinski definition) is 4. The Hall–Kier alpha value is -7.02. The molecule has 3 heterocycles. The maximum absolute atomic E-state index is 5.57. The molecule has 0 aliphatic carbocycles. The number of para-hydroxylation sites is 3. The maximum atomic E-state index is 5.57. The van der Waals surface area contributed by atoms with Crippen LogP contribution in [0.2, 0.25) is 0 Å². The van der Waals surface area contributed by atoms with Crippen LogP contribution in [0.25, 0.3) is 72.4 Å². The summed E-state index contributed by atoms with van der Waals surface area (Å²) in [6, 6.07) is 66.9. The summed E-state index contributed by atoms with van der Waals surface area (Å²) >= 11 is 0. The number of nitrogens with zero attached hydrogens (tertiary/aromatic N) is 5. The van der Waals surface area contributed by atoms with Crippen LogP contribution in [-0.2, 0) is 0 Å². The number of imidazole rings is 1. The Morgan fingerprint density at radius 3 is 1.78 bits per heavy atom. The van der Waals surface area contributed by atoms with Crippen LogP contribution >= 0.6 is 0 Å². The quantitative estimate of drug-likeness (QED) is 0.170. The fraction of sp³-hybridized carbons (Fsp3) is 0. The first kappa shape index (κ1) is 30.6. The van der Waals surface area contributed by atoms with E-state index in [2.05, 4.69) is 156 Å². The van der Waals surface area contributed by atoms with E-state index in [-0.39, 0.29) is 0 Å². The zero-order chi connectivity index (χ0) is 35.6. The second kappa shape index (κ2) is 12.0. The van der Waals surface area contributed by atoms with Crippen LogP contribution in [-0.4, -0.2) is 32.6 Å². The standard InChI is InChI=1S/C48H31N5Si/c1-3-16-33(17-4-1)45-50-46(34-18-5-2-6-19-34)52-47(51-45)40-31-38(30-36-21-9-10-22-39(36)40)54(37-28-27-32-15-7-8-20-35(32)29-37)44-26-14-13-25-43(44)53-42-24-12-11-23-41(42)49-48(53)54/h1-31H. The van der Waals surface area contributed by atoms with Crippen molar-refractivity contribution >= 4 is 61.7 Å². The first-order chi connectivity index (χ1) is 26.8. The minimum absolute atomic E-state index is 0.642. The van der Waals surface area contributed by atoms with Gasteiger partial charge in [-0.05, 0) is 55.3 Å².